The number of allylic oxidation sites excluding steroid dienone is 3. The van der Waals surface area contributed by atoms with Crippen LogP contribution >= 0.6 is 11.3 Å². The standard InChI is InChI=1S/C48H38N2S/c1-5-13-35(14-6-1)37-21-25-41(26-22-37)49(39-17-9-3-10-18-39)43-29-31-47-45(33-43)46-34-44(30-32-48(46)51-47)50(40-19-11-4-12-20-40)42-27-23-38(24-28-42)36-15-7-2-8-16-36/h1-23,25-28,30-34,38,43H,24,29H2. The van der Waals surface area contributed by atoms with E-state index in [1.54, 1.807) is 0 Å². The van der Waals surface area contributed by atoms with Crippen molar-refractivity contribution in [2.24, 2.45) is 0 Å². The number of rotatable bonds is 8. The number of para-hydroxylation sites is 2. The first-order chi connectivity index (χ1) is 25.3. The summed E-state index contributed by atoms with van der Waals surface area (Å²) in [5.41, 5.74) is 9.76. The zero-order valence-corrected chi connectivity index (χ0v) is 29.2. The van der Waals surface area contributed by atoms with Crippen LogP contribution in [0, 0.1) is 0 Å². The first-order valence-electron chi connectivity index (χ1n) is 17.8. The highest BCUT2D eigenvalue weighted by atomic mass is 32.1. The number of hydrogen-bond acceptors (Lipinski definition) is 3. The molecule has 0 aliphatic heterocycles. The van der Waals surface area contributed by atoms with Gasteiger partial charge in [0.25, 0.3) is 0 Å². The summed E-state index contributed by atoms with van der Waals surface area (Å²) in [6, 6.07) is 59.3. The molecular formula is C48H38N2S. The Hall–Kier alpha value is -5.90. The minimum Gasteiger partial charge on any atom is -0.334 e. The van der Waals surface area contributed by atoms with E-state index in [1.165, 1.54) is 59.3 Å². The fourth-order valence-corrected chi connectivity index (χ4v) is 8.69. The fourth-order valence-electron chi connectivity index (χ4n) is 7.57. The molecule has 2 nitrogen and oxygen atoms in total. The monoisotopic (exact) mass is 674 g/mol. The Morgan fingerprint density at radius 3 is 1.82 bits per heavy atom. The van der Waals surface area contributed by atoms with Crippen molar-refractivity contribution in [1.29, 1.82) is 0 Å². The second-order valence-electron chi connectivity index (χ2n) is 13.3. The molecule has 3 heteroatoms. The van der Waals surface area contributed by atoms with E-state index < -0.39 is 0 Å². The quantitative estimate of drug-likeness (QED) is 0.158. The predicted molar refractivity (Wildman–Crippen MR) is 218 cm³/mol. The first-order valence-corrected chi connectivity index (χ1v) is 18.6. The van der Waals surface area contributed by atoms with Crippen molar-refractivity contribution in [3.8, 4) is 11.1 Å². The van der Waals surface area contributed by atoms with E-state index in [0.717, 1.165) is 18.5 Å². The molecule has 2 aliphatic carbocycles. The van der Waals surface area contributed by atoms with E-state index in [1.807, 2.05) is 11.3 Å². The Labute approximate surface area is 303 Å². The Bertz CT molecular complexity index is 2460. The zero-order chi connectivity index (χ0) is 34.0. The molecule has 1 heterocycles. The lowest BCUT2D eigenvalue weighted by atomic mass is 9.91. The third-order valence-corrected chi connectivity index (χ3v) is 11.3. The van der Waals surface area contributed by atoms with Crippen LogP contribution in [0.25, 0.3) is 33.4 Å². The minimum atomic E-state index is 0.174. The molecule has 0 amide bonds. The lowest BCUT2D eigenvalue weighted by Gasteiger charge is -2.32. The second-order valence-corrected chi connectivity index (χ2v) is 14.3. The number of nitrogens with zero attached hydrogens (tertiary/aromatic N) is 2. The fraction of sp³-hybridized carbons (Fsp3) is 0.0833. The van der Waals surface area contributed by atoms with Gasteiger partial charge in [-0.3, -0.25) is 0 Å². The molecular weight excluding hydrogens is 637 g/mol. The van der Waals surface area contributed by atoms with Crippen molar-refractivity contribution in [2.75, 3.05) is 9.80 Å². The SMILES string of the molecule is C1=CC(c2ccccc2)CC=C1N(c1ccccc1)c1ccc2sc3c(c2c1)=CC(N(c1ccccc1)c1ccc(-c2ccccc2)cc1)CC=3. The third kappa shape index (κ3) is 6.22. The Morgan fingerprint density at radius 1 is 0.529 bits per heavy atom. The molecule has 0 spiro atoms. The van der Waals surface area contributed by atoms with E-state index >= 15 is 0 Å². The summed E-state index contributed by atoms with van der Waals surface area (Å²) >= 11 is 1.90. The summed E-state index contributed by atoms with van der Waals surface area (Å²) in [6.07, 6.45) is 13.9. The van der Waals surface area contributed by atoms with Crippen LogP contribution in [0.3, 0.4) is 0 Å². The summed E-state index contributed by atoms with van der Waals surface area (Å²) < 4.78 is 2.68. The van der Waals surface area contributed by atoms with Gasteiger partial charge in [0.15, 0.2) is 0 Å². The zero-order valence-electron chi connectivity index (χ0n) is 28.3. The van der Waals surface area contributed by atoms with Gasteiger partial charge in [-0.15, -0.1) is 11.3 Å². The molecule has 0 fully saturated rings. The van der Waals surface area contributed by atoms with Gasteiger partial charge in [-0.2, -0.15) is 0 Å². The normalized spacial score (nSPS) is 16.4. The molecule has 2 atom stereocenters. The maximum absolute atomic E-state index is 2.51. The van der Waals surface area contributed by atoms with Gasteiger partial charge in [0.2, 0.25) is 0 Å². The summed E-state index contributed by atoms with van der Waals surface area (Å²) in [6.45, 7) is 0. The molecule has 0 N–H and O–H groups in total. The summed E-state index contributed by atoms with van der Waals surface area (Å²) in [7, 11) is 0. The maximum atomic E-state index is 2.51. The van der Waals surface area contributed by atoms with Crippen LogP contribution in [0.1, 0.15) is 24.3 Å². The van der Waals surface area contributed by atoms with Gasteiger partial charge < -0.3 is 9.80 Å². The van der Waals surface area contributed by atoms with Crippen molar-refractivity contribution < 1.29 is 0 Å². The van der Waals surface area contributed by atoms with Crippen molar-refractivity contribution >= 4 is 56.3 Å². The largest absolute Gasteiger partial charge is 0.334 e. The van der Waals surface area contributed by atoms with Crippen LogP contribution in [-0.4, -0.2) is 6.04 Å². The van der Waals surface area contributed by atoms with Gasteiger partial charge in [0.05, 0.1) is 6.04 Å². The highest BCUT2D eigenvalue weighted by Gasteiger charge is 2.23. The van der Waals surface area contributed by atoms with E-state index in [0.29, 0.717) is 5.92 Å². The summed E-state index contributed by atoms with van der Waals surface area (Å²) in [5, 5.41) is 2.64. The van der Waals surface area contributed by atoms with Crippen LogP contribution < -0.4 is 19.6 Å². The average Bonchev–Trinajstić information content (AvgIpc) is 3.58. The van der Waals surface area contributed by atoms with Gasteiger partial charge >= 0.3 is 0 Å². The summed E-state index contributed by atoms with van der Waals surface area (Å²) in [5.74, 6) is 0.392. The number of fused-ring (bicyclic) bond motifs is 3. The van der Waals surface area contributed by atoms with Gasteiger partial charge in [-0.25, -0.2) is 0 Å². The van der Waals surface area contributed by atoms with E-state index in [4.69, 9.17) is 0 Å². The van der Waals surface area contributed by atoms with Gasteiger partial charge in [0, 0.05) is 49.0 Å². The summed E-state index contributed by atoms with van der Waals surface area (Å²) in [4.78, 5) is 4.91. The first kappa shape index (κ1) is 31.1. The van der Waals surface area contributed by atoms with Crippen LogP contribution in [0.2, 0.25) is 0 Å². The maximum Gasteiger partial charge on any atom is 0.0566 e. The number of benzene rings is 6. The van der Waals surface area contributed by atoms with Crippen molar-refractivity contribution in [3.63, 3.8) is 0 Å². The molecule has 6 aromatic carbocycles. The molecule has 7 aromatic rings. The number of hydrogen-bond donors (Lipinski definition) is 0. The Kier molecular flexibility index (Phi) is 8.41. The smallest absolute Gasteiger partial charge is 0.0566 e. The lowest BCUT2D eigenvalue weighted by molar-refractivity contribution is 0.839. The second kappa shape index (κ2) is 13.8. The molecule has 51 heavy (non-hydrogen) atoms. The van der Waals surface area contributed by atoms with E-state index in [2.05, 4.69) is 204 Å². The van der Waals surface area contributed by atoms with Crippen molar-refractivity contribution in [3.05, 3.63) is 203 Å². The average molecular weight is 675 g/mol. The van der Waals surface area contributed by atoms with Crippen LogP contribution in [0.15, 0.2) is 188 Å². The third-order valence-electron chi connectivity index (χ3n) is 10.1. The van der Waals surface area contributed by atoms with Gasteiger partial charge in [-0.05, 0) is 95.4 Å². The van der Waals surface area contributed by atoms with Crippen molar-refractivity contribution in [2.45, 2.75) is 24.8 Å². The molecule has 2 unspecified atom stereocenters. The molecule has 0 radical (unpaired) electrons. The van der Waals surface area contributed by atoms with Crippen LogP contribution in [0.5, 0.6) is 0 Å². The Balaban J connectivity index is 1.11. The molecule has 0 saturated heterocycles. The highest BCUT2D eigenvalue weighted by Crippen LogP contribution is 2.37. The van der Waals surface area contributed by atoms with Gasteiger partial charge in [0.1, 0.15) is 0 Å². The molecule has 246 valence electrons. The number of anilines is 4. The van der Waals surface area contributed by atoms with Crippen LogP contribution in [0.4, 0.5) is 22.7 Å². The van der Waals surface area contributed by atoms with E-state index in [9.17, 15) is 0 Å². The minimum absolute atomic E-state index is 0.174. The van der Waals surface area contributed by atoms with E-state index in [-0.39, 0.29) is 6.04 Å². The lowest BCUT2D eigenvalue weighted by Crippen LogP contribution is -2.36. The molecule has 9 rings (SSSR count). The Morgan fingerprint density at radius 2 is 1.14 bits per heavy atom. The number of thiophene rings is 1. The molecule has 0 saturated carbocycles. The van der Waals surface area contributed by atoms with Gasteiger partial charge in [-0.1, -0.05) is 133 Å². The molecule has 0 bridgehead atoms. The predicted octanol–water partition coefficient (Wildman–Crippen LogP) is 11.5. The van der Waals surface area contributed by atoms with Crippen molar-refractivity contribution in [1.82, 2.24) is 0 Å². The molecule has 1 aromatic heterocycles. The molecule has 2 aliphatic rings. The topological polar surface area (TPSA) is 6.48 Å². The van der Waals surface area contributed by atoms with Crippen LogP contribution in [-0.2, 0) is 0 Å². The highest BCUT2D eigenvalue weighted by molar-refractivity contribution is 7.17.